The van der Waals surface area contributed by atoms with Crippen LogP contribution in [0.15, 0.2) is 29.2 Å². The van der Waals surface area contributed by atoms with Crippen molar-refractivity contribution in [2.24, 2.45) is 0 Å². The van der Waals surface area contributed by atoms with Gasteiger partial charge in [0.25, 0.3) is 0 Å². The molecule has 1 heterocycles. The fraction of sp³-hybridized carbons (Fsp3) is 0.611. The molecule has 0 radical (unpaired) electrons. The molecule has 1 saturated heterocycles. The zero-order valence-electron chi connectivity index (χ0n) is 15.6. The summed E-state index contributed by atoms with van der Waals surface area (Å²) in [6.45, 7) is 11.5. The molecule has 140 valence electrons. The maximum absolute atomic E-state index is 12.8. The molecule has 1 fully saturated rings. The number of sulfonamides is 1. The van der Waals surface area contributed by atoms with Crippen LogP contribution >= 0.6 is 0 Å². The zero-order valence-corrected chi connectivity index (χ0v) is 16.4. The van der Waals surface area contributed by atoms with E-state index in [9.17, 15) is 13.2 Å². The van der Waals surface area contributed by atoms with Gasteiger partial charge in [0, 0.05) is 46.2 Å². The molecule has 0 bridgehead atoms. The van der Waals surface area contributed by atoms with Crippen LogP contribution in [0.2, 0.25) is 0 Å². The van der Waals surface area contributed by atoms with E-state index in [4.69, 9.17) is 0 Å². The lowest BCUT2D eigenvalue weighted by molar-refractivity contribution is -0.119. The molecule has 1 amide bonds. The monoisotopic (exact) mass is 367 g/mol. The van der Waals surface area contributed by atoms with Crippen molar-refractivity contribution in [3.63, 3.8) is 0 Å². The fourth-order valence-electron chi connectivity index (χ4n) is 2.86. The van der Waals surface area contributed by atoms with Crippen LogP contribution in [0.5, 0.6) is 0 Å². The van der Waals surface area contributed by atoms with E-state index in [0.717, 1.165) is 12.1 Å². The average Bonchev–Trinajstić information content (AvgIpc) is 2.54. The Labute approximate surface area is 151 Å². The molecular weight excluding hydrogens is 338 g/mol. The van der Waals surface area contributed by atoms with E-state index in [0.29, 0.717) is 37.6 Å². The van der Waals surface area contributed by atoms with Crippen LogP contribution < -0.4 is 5.32 Å². The van der Waals surface area contributed by atoms with Crippen LogP contribution in [-0.2, 0) is 20.2 Å². The first-order valence-corrected chi connectivity index (χ1v) is 10.1. The molecule has 0 aliphatic carbocycles. The smallest absolute Gasteiger partial charge is 0.243 e. The summed E-state index contributed by atoms with van der Waals surface area (Å²) >= 11 is 0. The Hall–Kier alpha value is -1.44. The van der Waals surface area contributed by atoms with Gasteiger partial charge >= 0.3 is 0 Å². The lowest BCUT2D eigenvalue weighted by Gasteiger charge is -2.34. The van der Waals surface area contributed by atoms with Gasteiger partial charge in [0.15, 0.2) is 0 Å². The standard InChI is InChI=1S/C18H29N3O3S/c1-15(22)19-9-10-20-11-13-21(14-12-20)25(23,24)17-7-5-16(6-8-17)18(2,3)4/h5-8H,9-14H2,1-4H3,(H,19,22). The minimum atomic E-state index is -3.44. The van der Waals surface area contributed by atoms with Gasteiger partial charge in [-0.1, -0.05) is 32.9 Å². The number of piperazine rings is 1. The number of hydrogen-bond donors (Lipinski definition) is 1. The maximum Gasteiger partial charge on any atom is 0.243 e. The Morgan fingerprint density at radius 1 is 1.08 bits per heavy atom. The molecule has 25 heavy (non-hydrogen) atoms. The molecule has 0 atom stereocenters. The first-order chi connectivity index (χ1) is 11.6. The fourth-order valence-corrected chi connectivity index (χ4v) is 4.28. The van der Waals surface area contributed by atoms with Gasteiger partial charge in [-0.15, -0.1) is 0 Å². The third-order valence-electron chi connectivity index (χ3n) is 4.49. The highest BCUT2D eigenvalue weighted by Crippen LogP contribution is 2.25. The number of amides is 1. The zero-order chi connectivity index (χ0) is 18.7. The normalized spacial score (nSPS) is 17.4. The second-order valence-electron chi connectivity index (χ2n) is 7.50. The van der Waals surface area contributed by atoms with E-state index < -0.39 is 10.0 Å². The molecule has 0 aromatic heterocycles. The number of carbonyl (C=O) groups excluding carboxylic acids is 1. The van der Waals surface area contributed by atoms with E-state index in [1.54, 1.807) is 16.4 Å². The van der Waals surface area contributed by atoms with Crippen LogP contribution in [0.3, 0.4) is 0 Å². The first kappa shape index (κ1) is 19.9. The molecule has 1 aromatic carbocycles. The Balaban J connectivity index is 1.96. The van der Waals surface area contributed by atoms with E-state index in [1.165, 1.54) is 6.92 Å². The predicted molar refractivity (Wildman–Crippen MR) is 99.0 cm³/mol. The van der Waals surface area contributed by atoms with Crippen LogP contribution in [0.4, 0.5) is 0 Å². The SMILES string of the molecule is CC(=O)NCCN1CCN(S(=O)(=O)c2ccc(C(C)(C)C)cc2)CC1. The number of hydrogen-bond acceptors (Lipinski definition) is 4. The van der Waals surface area contributed by atoms with Crippen LogP contribution in [-0.4, -0.2) is 62.8 Å². The summed E-state index contributed by atoms with van der Waals surface area (Å²) in [5.41, 5.74) is 1.12. The average molecular weight is 368 g/mol. The van der Waals surface area contributed by atoms with E-state index in [-0.39, 0.29) is 11.3 Å². The second kappa shape index (κ2) is 7.85. The molecule has 6 nitrogen and oxygen atoms in total. The van der Waals surface area contributed by atoms with E-state index >= 15 is 0 Å². The van der Waals surface area contributed by atoms with Gasteiger partial charge in [0.1, 0.15) is 0 Å². The Kier molecular flexibility index (Phi) is 6.24. The predicted octanol–water partition coefficient (Wildman–Crippen LogP) is 1.43. The summed E-state index contributed by atoms with van der Waals surface area (Å²) in [6.07, 6.45) is 0. The highest BCUT2D eigenvalue weighted by atomic mass is 32.2. The molecule has 0 saturated carbocycles. The van der Waals surface area contributed by atoms with Gasteiger partial charge in [-0.25, -0.2) is 8.42 Å². The Morgan fingerprint density at radius 3 is 2.12 bits per heavy atom. The van der Waals surface area contributed by atoms with Crippen molar-refractivity contribution in [2.75, 3.05) is 39.3 Å². The van der Waals surface area contributed by atoms with Crippen molar-refractivity contribution in [2.45, 2.75) is 38.0 Å². The Morgan fingerprint density at radius 2 is 1.64 bits per heavy atom. The van der Waals surface area contributed by atoms with Gasteiger partial charge in [-0.3, -0.25) is 9.69 Å². The lowest BCUT2D eigenvalue weighted by atomic mass is 9.87. The number of nitrogens with one attached hydrogen (secondary N) is 1. The minimum Gasteiger partial charge on any atom is -0.355 e. The van der Waals surface area contributed by atoms with Gasteiger partial charge < -0.3 is 5.32 Å². The molecule has 1 N–H and O–H groups in total. The summed E-state index contributed by atoms with van der Waals surface area (Å²) in [7, 11) is -3.44. The number of nitrogens with zero attached hydrogens (tertiary/aromatic N) is 2. The molecule has 1 aliphatic heterocycles. The minimum absolute atomic E-state index is 0.00181. The second-order valence-corrected chi connectivity index (χ2v) is 9.44. The Bertz CT molecular complexity index is 685. The quantitative estimate of drug-likeness (QED) is 0.855. The number of rotatable bonds is 5. The molecule has 1 aromatic rings. The van der Waals surface area contributed by atoms with Crippen molar-refractivity contribution in [1.82, 2.24) is 14.5 Å². The van der Waals surface area contributed by atoms with Crippen molar-refractivity contribution in [3.05, 3.63) is 29.8 Å². The van der Waals surface area contributed by atoms with E-state index in [1.807, 2.05) is 12.1 Å². The molecule has 1 aliphatic rings. The van der Waals surface area contributed by atoms with Crippen LogP contribution in [0.25, 0.3) is 0 Å². The van der Waals surface area contributed by atoms with Crippen LogP contribution in [0.1, 0.15) is 33.3 Å². The van der Waals surface area contributed by atoms with Crippen molar-refractivity contribution >= 4 is 15.9 Å². The van der Waals surface area contributed by atoms with Gasteiger partial charge in [-0.2, -0.15) is 4.31 Å². The molecule has 2 rings (SSSR count). The van der Waals surface area contributed by atoms with Gasteiger partial charge in [-0.05, 0) is 23.1 Å². The van der Waals surface area contributed by atoms with Crippen molar-refractivity contribution in [1.29, 1.82) is 0 Å². The largest absolute Gasteiger partial charge is 0.355 e. The highest BCUT2D eigenvalue weighted by molar-refractivity contribution is 7.89. The summed E-state index contributed by atoms with van der Waals surface area (Å²) in [5, 5.41) is 2.77. The van der Waals surface area contributed by atoms with E-state index in [2.05, 4.69) is 31.0 Å². The summed E-state index contributed by atoms with van der Waals surface area (Å²) < 4.78 is 27.2. The number of benzene rings is 1. The summed E-state index contributed by atoms with van der Waals surface area (Å²) in [4.78, 5) is 13.4. The maximum atomic E-state index is 12.8. The summed E-state index contributed by atoms with van der Waals surface area (Å²) in [5.74, 6) is -0.0417. The molecule has 0 spiro atoms. The molecule has 7 heteroatoms. The third kappa shape index (κ3) is 5.26. The van der Waals surface area contributed by atoms with Gasteiger partial charge in [0.2, 0.25) is 15.9 Å². The number of carbonyl (C=O) groups is 1. The van der Waals surface area contributed by atoms with Crippen LogP contribution in [0, 0.1) is 0 Å². The lowest BCUT2D eigenvalue weighted by Crippen LogP contribution is -2.50. The first-order valence-electron chi connectivity index (χ1n) is 8.68. The topological polar surface area (TPSA) is 69.7 Å². The highest BCUT2D eigenvalue weighted by Gasteiger charge is 2.28. The third-order valence-corrected chi connectivity index (χ3v) is 6.40. The molecular formula is C18H29N3O3S. The molecule has 0 unspecified atom stereocenters. The van der Waals surface area contributed by atoms with Gasteiger partial charge in [0.05, 0.1) is 4.90 Å². The van der Waals surface area contributed by atoms with Crippen molar-refractivity contribution < 1.29 is 13.2 Å². The van der Waals surface area contributed by atoms with Crippen molar-refractivity contribution in [3.8, 4) is 0 Å². The summed E-state index contributed by atoms with van der Waals surface area (Å²) in [6, 6.07) is 7.21.